The van der Waals surface area contributed by atoms with Gasteiger partial charge in [-0.25, -0.2) is 0 Å². The summed E-state index contributed by atoms with van der Waals surface area (Å²) in [5.41, 5.74) is 0. The first kappa shape index (κ1) is 77.9. The van der Waals surface area contributed by atoms with Crippen molar-refractivity contribution < 1.29 is 49.3 Å². The Morgan fingerprint density at radius 3 is 1.21 bits per heavy atom. The number of amides is 1. The van der Waals surface area contributed by atoms with Gasteiger partial charge in [0.15, 0.2) is 6.29 Å². The number of hydrogen-bond acceptors (Lipinski definition) is 10. The van der Waals surface area contributed by atoms with Crippen LogP contribution >= 0.6 is 0 Å². The molecule has 1 aliphatic heterocycles. The average Bonchev–Trinajstić information content (AvgIpc) is 3.68. The summed E-state index contributed by atoms with van der Waals surface area (Å²) < 4.78 is 16.7. The predicted molar refractivity (Wildman–Crippen MR) is 343 cm³/mol. The van der Waals surface area contributed by atoms with Gasteiger partial charge < -0.3 is 45.1 Å². The Labute approximate surface area is 504 Å². The first-order valence-corrected chi connectivity index (χ1v) is 35.3. The van der Waals surface area contributed by atoms with Gasteiger partial charge >= 0.3 is 5.97 Å². The Bertz CT molecular complexity index is 1460. The number of rotatable bonds is 62. The Morgan fingerprint density at radius 2 is 0.793 bits per heavy atom. The fourth-order valence-corrected chi connectivity index (χ4v) is 11.2. The first-order valence-electron chi connectivity index (χ1n) is 35.3. The zero-order valence-corrected chi connectivity index (χ0v) is 53.5. The van der Waals surface area contributed by atoms with E-state index in [0.29, 0.717) is 19.4 Å². The van der Waals surface area contributed by atoms with Crippen LogP contribution in [0.5, 0.6) is 0 Å². The van der Waals surface area contributed by atoms with Crippen molar-refractivity contribution in [1.82, 2.24) is 5.32 Å². The number of unbranched alkanes of at least 4 members (excludes halogenated alkanes) is 44. The molecule has 6 N–H and O–H groups in total. The molecular weight excluding hydrogens is 1030 g/mol. The maximum atomic E-state index is 13.1. The maximum absolute atomic E-state index is 13.1. The summed E-state index contributed by atoms with van der Waals surface area (Å²) in [6.07, 6.45) is 67.0. The van der Waals surface area contributed by atoms with Gasteiger partial charge in [-0.05, 0) is 70.6 Å². The summed E-state index contributed by atoms with van der Waals surface area (Å²) in [6.45, 7) is 4.36. The van der Waals surface area contributed by atoms with Gasteiger partial charge in [-0.15, -0.1) is 0 Å². The molecule has 0 radical (unpaired) electrons. The first-order chi connectivity index (χ1) is 40.2. The van der Waals surface area contributed by atoms with E-state index in [2.05, 4.69) is 43.5 Å². The van der Waals surface area contributed by atoms with E-state index in [9.17, 15) is 35.1 Å². The quantitative estimate of drug-likeness (QED) is 0.0195. The van der Waals surface area contributed by atoms with Crippen LogP contribution in [0.3, 0.4) is 0 Å². The molecule has 482 valence electrons. The number of carbonyl (C=O) groups is 2. The molecule has 0 aromatic heterocycles. The SMILES string of the molecule is CCCCCCCCCCC/C=C/CC/C=C/C(O)C(COC1OC(CO)C(O)C(O)C1O)NC(=O)CCCCCCCCCCCCCC/C=C\CCCCCCCCCCCCCCOC(=O)CCCCCCCCCCCCC. The fraction of sp³-hybridized carbons (Fsp3) is 0.887. The van der Waals surface area contributed by atoms with Crippen LogP contribution in [-0.2, 0) is 23.8 Å². The molecule has 1 aliphatic rings. The third-order valence-corrected chi connectivity index (χ3v) is 16.7. The highest BCUT2D eigenvalue weighted by Crippen LogP contribution is 2.23. The largest absolute Gasteiger partial charge is 0.466 e. The zero-order chi connectivity index (χ0) is 59.5. The van der Waals surface area contributed by atoms with Crippen LogP contribution in [-0.4, -0.2) is 100 Å². The second-order valence-electron chi connectivity index (χ2n) is 24.6. The lowest BCUT2D eigenvalue weighted by molar-refractivity contribution is -0.302. The van der Waals surface area contributed by atoms with E-state index in [1.165, 1.54) is 257 Å². The minimum atomic E-state index is -1.58. The molecule has 1 fully saturated rings. The van der Waals surface area contributed by atoms with Gasteiger partial charge in [0.2, 0.25) is 5.91 Å². The minimum absolute atomic E-state index is 0.00643. The molecule has 1 rings (SSSR count). The molecule has 0 aromatic rings. The van der Waals surface area contributed by atoms with Gasteiger partial charge in [0.1, 0.15) is 24.4 Å². The van der Waals surface area contributed by atoms with Crippen molar-refractivity contribution in [3.63, 3.8) is 0 Å². The number of nitrogens with one attached hydrogen (secondary N) is 1. The van der Waals surface area contributed by atoms with Crippen molar-refractivity contribution in [3.8, 4) is 0 Å². The number of esters is 1. The van der Waals surface area contributed by atoms with Crippen molar-refractivity contribution in [1.29, 1.82) is 0 Å². The van der Waals surface area contributed by atoms with Crippen molar-refractivity contribution in [2.75, 3.05) is 19.8 Å². The summed E-state index contributed by atoms with van der Waals surface area (Å²) in [4.78, 5) is 25.1. The lowest BCUT2D eigenvalue weighted by atomic mass is 9.99. The lowest BCUT2D eigenvalue weighted by Gasteiger charge is -2.40. The van der Waals surface area contributed by atoms with Crippen LogP contribution in [0.2, 0.25) is 0 Å². The molecule has 0 aliphatic carbocycles. The lowest BCUT2D eigenvalue weighted by Crippen LogP contribution is -2.60. The topological polar surface area (TPSA) is 175 Å². The molecule has 7 unspecified atom stereocenters. The third kappa shape index (κ3) is 49.0. The van der Waals surface area contributed by atoms with E-state index in [-0.39, 0.29) is 18.5 Å². The monoisotopic (exact) mass is 1160 g/mol. The molecule has 1 heterocycles. The number of ether oxygens (including phenoxy) is 3. The summed E-state index contributed by atoms with van der Waals surface area (Å²) in [7, 11) is 0. The average molecular weight is 1160 g/mol. The normalized spacial score (nSPS) is 18.4. The summed E-state index contributed by atoms with van der Waals surface area (Å²) in [6, 6.07) is -0.828. The molecule has 0 bridgehead atoms. The van der Waals surface area contributed by atoms with E-state index in [4.69, 9.17) is 14.2 Å². The number of aliphatic hydroxyl groups is 5. The molecular formula is C71H133NO10. The Morgan fingerprint density at radius 1 is 0.439 bits per heavy atom. The number of carbonyl (C=O) groups excluding carboxylic acids is 2. The fourth-order valence-electron chi connectivity index (χ4n) is 11.2. The molecule has 82 heavy (non-hydrogen) atoms. The third-order valence-electron chi connectivity index (χ3n) is 16.7. The van der Waals surface area contributed by atoms with Crippen molar-refractivity contribution >= 4 is 11.9 Å². The van der Waals surface area contributed by atoms with Crippen molar-refractivity contribution in [2.24, 2.45) is 0 Å². The van der Waals surface area contributed by atoms with E-state index in [1.807, 2.05) is 6.08 Å². The van der Waals surface area contributed by atoms with E-state index < -0.39 is 49.5 Å². The Hall–Kier alpha value is -2.12. The summed E-state index contributed by atoms with van der Waals surface area (Å²) in [5.74, 6) is -0.183. The van der Waals surface area contributed by atoms with E-state index >= 15 is 0 Å². The molecule has 7 atom stereocenters. The molecule has 0 aromatic carbocycles. The van der Waals surface area contributed by atoms with Crippen LogP contribution in [0, 0.1) is 0 Å². The molecule has 0 saturated carbocycles. The van der Waals surface area contributed by atoms with Gasteiger partial charge in [-0.3, -0.25) is 9.59 Å². The predicted octanol–water partition coefficient (Wildman–Crippen LogP) is 17.8. The van der Waals surface area contributed by atoms with Gasteiger partial charge in [0, 0.05) is 12.8 Å². The van der Waals surface area contributed by atoms with Crippen molar-refractivity contribution in [3.05, 3.63) is 36.5 Å². The molecule has 1 saturated heterocycles. The zero-order valence-electron chi connectivity index (χ0n) is 53.5. The molecule has 0 spiro atoms. The Kier molecular flexibility index (Phi) is 57.5. The van der Waals surface area contributed by atoms with Gasteiger partial charge in [-0.2, -0.15) is 0 Å². The highest BCUT2D eigenvalue weighted by molar-refractivity contribution is 5.76. The molecule has 1 amide bonds. The van der Waals surface area contributed by atoms with Crippen LogP contribution < -0.4 is 5.32 Å². The van der Waals surface area contributed by atoms with Crippen LogP contribution in [0.15, 0.2) is 36.5 Å². The molecule has 11 nitrogen and oxygen atoms in total. The van der Waals surface area contributed by atoms with Crippen LogP contribution in [0.25, 0.3) is 0 Å². The molecule has 11 heteroatoms. The highest BCUT2D eigenvalue weighted by Gasteiger charge is 2.44. The summed E-state index contributed by atoms with van der Waals surface area (Å²) in [5, 5.41) is 54.5. The minimum Gasteiger partial charge on any atom is -0.466 e. The van der Waals surface area contributed by atoms with E-state index in [0.717, 1.165) is 57.8 Å². The van der Waals surface area contributed by atoms with Crippen LogP contribution in [0.4, 0.5) is 0 Å². The number of allylic oxidation sites excluding steroid dienone is 5. The second kappa shape index (κ2) is 60.6. The standard InChI is InChI=1S/C71H133NO10/c1-3-5-7-9-11-13-15-16-31-34-38-41-45-49-53-57-64(74)63(62-81-71-70(79)69(78)68(77)65(61-73)82-71)72-66(75)58-54-50-46-42-39-35-32-29-27-25-23-21-19-17-18-20-22-24-26-28-30-33-36-40-44-48-52-56-60-80-67(76)59-55-51-47-43-37-14-12-10-8-6-4-2/h17-18,38,41,53,57,63-65,68-71,73-74,77-79H,3-16,19-37,39-40,42-52,54-56,58-62H2,1-2H3,(H,72,75)/b18-17-,41-38+,57-53+. The van der Waals surface area contributed by atoms with Gasteiger partial charge in [-0.1, -0.05) is 294 Å². The van der Waals surface area contributed by atoms with Gasteiger partial charge in [0.05, 0.1) is 32.0 Å². The van der Waals surface area contributed by atoms with Crippen LogP contribution in [0.1, 0.15) is 341 Å². The Balaban J connectivity index is 2.02. The highest BCUT2D eigenvalue weighted by atomic mass is 16.7. The van der Waals surface area contributed by atoms with Crippen molar-refractivity contribution in [2.45, 2.75) is 384 Å². The number of hydrogen-bond donors (Lipinski definition) is 6. The smallest absolute Gasteiger partial charge is 0.305 e. The maximum Gasteiger partial charge on any atom is 0.305 e. The van der Waals surface area contributed by atoms with E-state index in [1.54, 1.807) is 6.08 Å². The summed E-state index contributed by atoms with van der Waals surface area (Å²) >= 11 is 0. The second-order valence-corrected chi connectivity index (χ2v) is 24.6. The number of aliphatic hydroxyl groups excluding tert-OH is 5. The van der Waals surface area contributed by atoms with Gasteiger partial charge in [0.25, 0.3) is 0 Å².